The van der Waals surface area contributed by atoms with Crippen molar-refractivity contribution in [3.8, 4) is 11.5 Å². The van der Waals surface area contributed by atoms with Crippen molar-refractivity contribution in [3.05, 3.63) is 30.2 Å². The maximum absolute atomic E-state index is 11.4. The van der Waals surface area contributed by atoms with E-state index in [-0.39, 0.29) is 0 Å². The predicted octanol–water partition coefficient (Wildman–Crippen LogP) is 2.76. The molecule has 0 amide bonds. The second-order valence-electron chi connectivity index (χ2n) is 5.33. The van der Waals surface area contributed by atoms with E-state index in [4.69, 9.17) is 8.94 Å². The molecule has 1 atom stereocenters. The Balaban J connectivity index is 1.73. The van der Waals surface area contributed by atoms with Crippen molar-refractivity contribution < 1.29 is 18.8 Å². The Morgan fingerprint density at radius 1 is 1.38 bits per heavy atom. The van der Waals surface area contributed by atoms with Gasteiger partial charge in [0, 0.05) is 12.6 Å². The molecule has 21 heavy (non-hydrogen) atoms. The van der Waals surface area contributed by atoms with Crippen LogP contribution in [0.15, 0.2) is 33.4 Å². The Labute approximate surface area is 122 Å². The molecule has 3 heterocycles. The quantitative estimate of drug-likeness (QED) is 0.932. The number of likely N-dealkylation sites (tertiary alicyclic amines) is 1. The van der Waals surface area contributed by atoms with Crippen molar-refractivity contribution in [1.29, 1.82) is 0 Å². The van der Waals surface area contributed by atoms with Gasteiger partial charge in [-0.15, -0.1) is 0 Å². The van der Waals surface area contributed by atoms with E-state index in [9.17, 15) is 9.90 Å². The fourth-order valence-corrected chi connectivity index (χ4v) is 2.77. The van der Waals surface area contributed by atoms with E-state index in [1.165, 1.54) is 0 Å². The predicted molar refractivity (Wildman–Crippen MR) is 74.5 cm³/mol. The van der Waals surface area contributed by atoms with E-state index >= 15 is 0 Å². The molecule has 6 heteroatoms. The smallest absolute Gasteiger partial charge is 0.320 e. The average Bonchev–Trinajstić information content (AvgIpc) is 3.07. The molecule has 0 bridgehead atoms. The Kier molecular flexibility index (Phi) is 4.06. The molecule has 0 spiro atoms. The van der Waals surface area contributed by atoms with Crippen LogP contribution in [0.3, 0.4) is 0 Å². The summed E-state index contributed by atoms with van der Waals surface area (Å²) >= 11 is 0. The van der Waals surface area contributed by atoms with E-state index in [2.05, 4.69) is 5.16 Å². The number of hydrogen-bond donors (Lipinski definition) is 1. The molecule has 3 rings (SSSR count). The number of carboxylic acid groups (broad SMARTS) is 1. The number of furan rings is 1. The van der Waals surface area contributed by atoms with Crippen molar-refractivity contribution in [1.82, 2.24) is 10.1 Å². The highest BCUT2D eigenvalue weighted by atomic mass is 16.5. The molecule has 112 valence electrons. The van der Waals surface area contributed by atoms with Gasteiger partial charge in [0.2, 0.25) is 5.76 Å². The van der Waals surface area contributed by atoms with Gasteiger partial charge >= 0.3 is 5.97 Å². The first kappa shape index (κ1) is 13.9. The molecule has 1 fully saturated rings. The van der Waals surface area contributed by atoms with Crippen molar-refractivity contribution >= 4 is 5.97 Å². The fraction of sp³-hybridized carbons (Fsp3) is 0.467. The molecule has 0 saturated carbocycles. The van der Waals surface area contributed by atoms with Crippen LogP contribution in [0.5, 0.6) is 0 Å². The molecule has 6 nitrogen and oxygen atoms in total. The van der Waals surface area contributed by atoms with Gasteiger partial charge < -0.3 is 14.0 Å². The van der Waals surface area contributed by atoms with Crippen LogP contribution in [0, 0.1) is 0 Å². The van der Waals surface area contributed by atoms with Crippen molar-refractivity contribution in [2.24, 2.45) is 0 Å². The summed E-state index contributed by atoms with van der Waals surface area (Å²) in [6.07, 6.45) is 5.33. The Hall–Kier alpha value is -2.08. The lowest BCUT2D eigenvalue weighted by molar-refractivity contribution is -0.143. The van der Waals surface area contributed by atoms with Crippen LogP contribution < -0.4 is 0 Å². The topological polar surface area (TPSA) is 79.7 Å². The third kappa shape index (κ3) is 3.16. The van der Waals surface area contributed by atoms with Gasteiger partial charge in [-0.1, -0.05) is 18.0 Å². The van der Waals surface area contributed by atoms with Gasteiger partial charge in [0.25, 0.3) is 0 Å². The molecule has 1 aliphatic rings. The van der Waals surface area contributed by atoms with Gasteiger partial charge in [0.15, 0.2) is 5.76 Å². The van der Waals surface area contributed by atoms with Crippen LogP contribution >= 0.6 is 0 Å². The summed E-state index contributed by atoms with van der Waals surface area (Å²) in [7, 11) is 0. The molecule has 1 unspecified atom stereocenters. The summed E-state index contributed by atoms with van der Waals surface area (Å²) in [4.78, 5) is 13.4. The van der Waals surface area contributed by atoms with Crippen LogP contribution in [-0.2, 0) is 11.3 Å². The number of carbonyl (C=O) groups is 1. The van der Waals surface area contributed by atoms with E-state index < -0.39 is 12.0 Å². The molecular weight excluding hydrogens is 272 g/mol. The van der Waals surface area contributed by atoms with Crippen molar-refractivity contribution in [2.75, 3.05) is 6.54 Å². The van der Waals surface area contributed by atoms with Crippen LogP contribution in [0.2, 0.25) is 0 Å². The zero-order valence-electron chi connectivity index (χ0n) is 11.7. The lowest BCUT2D eigenvalue weighted by atomic mass is 10.1. The fourth-order valence-electron chi connectivity index (χ4n) is 2.77. The van der Waals surface area contributed by atoms with Gasteiger partial charge in [0.05, 0.1) is 12.0 Å². The summed E-state index contributed by atoms with van der Waals surface area (Å²) in [6, 6.07) is 4.96. The first-order valence-corrected chi connectivity index (χ1v) is 7.20. The second-order valence-corrected chi connectivity index (χ2v) is 5.33. The summed E-state index contributed by atoms with van der Waals surface area (Å²) in [5.74, 6) is 0.433. The lowest BCUT2D eigenvalue weighted by Crippen LogP contribution is -2.40. The number of carboxylic acids is 1. The van der Waals surface area contributed by atoms with Crippen LogP contribution in [0.25, 0.3) is 11.5 Å². The zero-order chi connectivity index (χ0) is 14.7. The van der Waals surface area contributed by atoms with E-state index in [1.54, 1.807) is 18.4 Å². The van der Waals surface area contributed by atoms with Crippen LogP contribution in [0.1, 0.15) is 31.4 Å². The Morgan fingerprint density at radius 2 is 2.29 bits per heavy atom. The number of rotatable bonds is 4. The lowest BCUT2D eigenvalue weighted by Gasteiger charge is -2.25. The molecule has 2 aromatic heterocycles. The highest BCUT2D eigenvalue weighted by Gasteiger charge is 2.27. The third-order valence-electron chi connectivity index (χ3n) is 3.84. The van der Waals surface area contributed by atoms with E-state index in [1.807, 2.05) is 11.0 Å². The standard InChI is InChI=1S/C15H18N2O4/c18-15(19)12-5-2-1-3-7-17(12)10-11-9-14(21-16-11)13-6-4-8-20-13/h4,6,8-9,12H,1-3,5,7,10H2,(H,18,19). The summed E-state index contributed by atoms with van der Waals surface area (Å²) in [6.45, 7) is 1.26. The zero-order valence-corrected chi connectivity index (χ0v) is 11.7. The van der Waals surface area contributed by atoms with Gasteiger partial charge in [-0.3, -0.25) is 9.69 Å². The van der Waals surface area contributed by atoms with Crippen molar-refractivity contribution in [2.45, 2.75) is 38.3 Å². The van der Waals surface area contributed by atoms with Gasteiger partial charge in [-0.2, -0.15) is 0 Å². The number of aliphatic carboxylic acids is 1. The average molecular weight is 290 g/mol. The third-order valence-corrected chi connectivity index (χ3v) is 3.84. The summed E-state index contributed by atoms with van der Waals surface area (Å²) in [5.41, 5.74) is 0.731. The Bertz CT molecular complexity index is 591. The second kappa shape index (κ2) is 6.13. The molecule has 1 saturated heterocycles. The molecular formula is C15H18N2O4. The maximum Gasteiger partial charge on any atom is 0.320 e. The molecule has 0 aromatic carbocycles. The molecule has 1 N–H and O–H groups in total. The van der Waals surface area contributed by atoms with Gasteiger partial charge in [-0.25, -0.2) is 0 Å². The minimum absolute atomic E-state index is 0.434. The molecule has 0 radical (unpaired) electrons. The minimum Gasteiger partial charge on any atom is -0.480 e. The maximum atomic E-state index is 11.4. The monoisotopic (exact) mass is 290 g/mol. The Morgan fingerprint density at radius 3 is 3.05 bits per heavy atom. The van der Waals surface area contributed by atoms with Crippen LogP contribution in [0.4, 0.5) is 0 Å². The minimum atomic E-state index is -0.758. The first-order chi connectivity index (χ1) is 10.2. The number of nitrogens with zero attached hydrogens (tertiary/aromatic N) is 2. The summed E-state index contributed by atoms with van der Waals surface area (Å²) < 4.78 is 10.5. The van der Waals surface area contributed by atoms with E-state index in [0.29, 0.717) is 24.5 Å². The largest absolute Gasteiger partial charge is 0.480 e. The van der Waals surface area contributed by atoms with E-state index in [0.717, 1.165) is 31.5 Å². The SMILES string of the molecule is O=C(O)C1CCCCCN1Cc1cc(-c2ccco2)on1. The normalized spacial score (nSPS) is 20.3. The highest BCUT2D eigenvalue weighted by Crippen LogP contribution is 2.23. The first-order valence-electron chi connectivity index (χ1n) is 7.20. The number of hydrogen-bond acceptors (Lipinski definition) is 5. The van der Waals surface area contributed by atoms with Gasteiger partial charge in [-0.05, 0) is 31.5 Å². The van der Waals surface area contributed by atoms with Crippen molar-refractivity contribution in [3.63, 3.8) is 0 Å². The van der Waals surface area contributed by atoms with Crippen LogP contribution in [-0.4, -0.2) is 33.7 Å². The molecule has 0 aliphatic carbocycles. The number of aromatic nitrogens is 1. The summed E-state index contributed by atoms with van der Waals surface area (Å²) in [5, 5.41) is 13.4. The van der Waals surface area contributed by atoms with Gasteiger partial charge in [0.1, 0.15) is 6.04 Å². The molecule has 2 aromatic rings. The molecule has 1 aliphatic heterocycles. The highest BCUT2D eigenvalue weighted by molar-refractivity contribution is 5.73.